The standard InChI is InChI=1S/C15H14N2/c1-11-7-8-13(10-16)15(9-11)17-14-6-4-3-5-12(14)2/h3-9,17H,1-2H3. The molecule has 2 aromatic carbocycles. The lowest BCUT2D eigenvalue weighted by molar-refractivity contribution is 1.38. The number of hydrogen-bond acceptors (Lipinski definition) is 2. The molecule has 17 heavy (non-hydrogen) atoms. The topological polar surface area (TPSA) is 35.8 Å². The summed E-state index contributed by atoms with van der Waals surface area (Å²) in [5.41, 5.74) is 4.87. The molecule has 0 spiro atoms. The van der Waals surface area contributed by atoms with Crippen LogP contribution in [0.25, 0.3) is 0 Å². The van der Waals surface area contributed by atoms with E-state index in [9.17, 15) is 0 Å². The van der Waals surface area contributed by atoms with E-state index in [1.807, 2.05) is 56.3 Å². The Labute approximate surface area is 102 Å². The van der Waals surface area contributed by atoms with E-state index in [-0.39, 0.29) is 0 Å². The highest BCUT2D eigenvalue weighted by atomic mass is 14.9. The molecule has 0 amide bonds. The van der Waals surface area contributed by atoms with Gasteiger partial charge < -0.3 is 5.32 Å². The molecule has 0 aliphatic rings. The first-order chi connectivity index (χ1) is 8.20. The fourth-order valence-corrected chi connectivity index (χ4v) is 1.72. The third-order valence-corrected chi connectivity index (χ3v) is 2.71. The average Bonchev–Trinajstić information content (AvgIpc) is 2.32. The van der Waals surface area contributed by atoms with Crippen LogP contribution in [0.5, 0.6) is 0 Å². The van der Waals surface area contributed by atoms with E-state index in [2.05, 4.69) is 11.4 Å². The van der Waals surface area contributed by atoms with Crippen LogP contribution in [0.3, 0.4) is 0 Å². The van der Waals surface area contributed by atoms with Gasteiger partial charge in [0.1, 0.15) is 6.07 Å². The minimum absolute atomic E-state index is 0.666. The van der Waals surface area contributed by atoms with Gasteiger partial charge in [-0.3, -0.25) is 0 Å². The minimum Gasteiger partial charge on any atom is -0.354 e. The van der Waals surface area contributed by atoms with E-state index in [4.69, 9.17) is 5.26 Å². The Hall–Kier alpha value is -2.27. The molecule has 84 valence electrons. The van der Waals surface area contributed by atoms with Crippen LogP contribution in [0.4, 0.5) is 11.4 Å². The fraction of sp³-hybridized carbons (Fsp3) is 0.133. The van der Waals surface area contributed by atoms with Crippen LogP contribution in [0.15, 0.2) is 42.5 Å². The predicted octanol–water partition coefficient (Wildman–Crippen LogP) is 3.92. The molecule has 2 aromatic rings. The van der Waals surface area contributed by atoms with Crippen LogP contribution < -0.4 is 5.32 Å². The quantitative estimate of drug-likeness (QED) is 0.836. The highest BCUT2D eigenvalue weighted by Crippen LogP contribution is 2.23. The average molecular weight is 222 g/mol. The summed E-state index contributed by atoms with van der Waals surface area (Å²) in [6.07, 6.45) is 0. The lowest BCUT2D eigenvalue weighted by Gasteiger charge is -2.11. The van der Waals surface area contributed by atoms with Crippen LogP contribution in [-0.4, -0.2) is 0 Å². The second-order valence-electron chi connectivity index (χ2n) is 4.10. The zero-order valence-electron chi connectivity index (χ0n) is 9.99. The molecule has 2 rings (SSSR count). The second-order valence-corrected chi connectivity index (χ2v) is 4.10. The highest BCUT2D eigenvalue weighted by Gasteiger charge is 2.03. The van der Waals surface area contributed by atoms with Crippen LogP contribution >= 0.6 is 0 Å². The van der Waals surface area contributed by atoms with E-state index < -0.39 is 0 Å². The molecule has 0 saturated carbocycles. The van der Waals surface area contributed by atoms with Gasteiger partial charge >= 0.3 is 0 Å². The van der Waals surface area contributed by atoms with Gasteiger partial charge in [-0.05, 0) is 43.2 Å². The maximum atomic E-state index is 9.07. The number of aryl methyl sites for hydroxylation is 2. The summed E-state index contributed by atoms with van der Waals surface area (Å²) in [4.78, 5) is 0. The van der Waals surface area contributed by atoms with Gasteiger partial charge in [0.05, 0.1) is 11.3 Å². The summed E-state index contributed by atoms with van der Waals surface area (Å²) >= 11 is 0. The molecule has 0 fully saturated rings. The first-order valence-corrected chi connectivity index (χ1v) is 5.54. The van der Waals surface area contributed by atoms with Gasteiger partial charge in [-0.1, -0.05) is 24.3 Å². The van der Waals surface area contributed by atoms with Crippen molar-refractivity contribution in [3.8, 4) is 6.07 Å². The van der Waals surface area contributed by atoms with Crippen molar-refractivity contribution in [2.45, 2.75) is 13.8 Å². The Balaban J connectivity index is 2.40. The molecule has 0 saturated heterocycles. The molecule has 1 N–H and O–H groups in total. The van der Waals surface area contributed by atoms with Crippen molar-refractivity contribution in [2.75, 3.05) is 5.32 Å². The molecule has 2 nitrogen and oxygen atoms in total. The van der Waals surface area contributed by atoms with Gasteiger partial charge in [0.15, 0.2) is 0 Å². The highest BCUT2D eigenvalue weighted by molar-refractivity contribution is 5.69. The summed E-state index contributed by atoms with van der Waals surface area (Å²) in [6, 6.07) is 16.0. The Kier molecular flexibility index (Phi) is 3.11. The SMILES string of the molecule is Cc1ccc(C#N)c(Nc2ccccc2C)c1. The van der Waals surface area contributed by atoms with Gasteiger partial charge in [0.2, 0.25) is 0 Å². The molecule has 0 unspecified atom stereocenters. The number of nitrogens with one attached hydrogen (secondary N) is 1. The van der Waals surface area contributed by atoms with Gasteiger partial charge in [-0.2, -0.15) is 5.26 Å². The molecular formula is C15H14N2. The molecule has 0 heterocycles. The van der Waals surface area contributed by atoms with Gasteiger partial charge in [-0.15, -0.1) is 0 Å². The molecule has 0 aliphatic carbocycles. The molecular weight excluding hydrogens is 208 g/mol. The van der Waals surface area contributed by atoms with Crippen molar-refractivity contribution in [3.05, 3.63) is 59.2 Å². The van der Waals surface area contributed by atoms with E-state index in [0.717, 1.165) is 22.5 Å². The monoisotopic (exact) mass is 222 g/mol. The largest absolute Gasteiger partial charge is 0.354 e. The maximum Gasteiger partial charge on any atom is 0.101 e. The summed E-state index contributed by atoms with van der Waals surface area (Å²) < 4.78 is 0. The first kappa shape index (κ1) is 11.2. The van der Waals surface area contributed by atoms with Crippen molar-refractivity contribution in [1.82, 2.24) is 0 Å². The number of anilines is 2. The van der Waals surface area contributed by atoms with Crippen molar-refractivity contribution < 1.29 is 0 Å². The van der Waals surface area contributed by atoms with Crippen LogP contribution in [0.1, 0.15) is 16.7 Å². The van der Waals surface area contributed by atoms with Crippen molar-refractivity contribution in [1.29, 1.82) is 5.26 Å². The molecule has 0 atom stereocenters. The zero-order valence-corrected chi connectivity index (χ0v) is 9.99. The Morgan fingerprint density at radius 1 is 1.00 bits per heavy atom. The lowest BCUT2D eigenvalue weighted by Crippen LogP contribution is -1.96. The number of rotatable bonds is 2. The number of benzene rings is 2. The van der Waals surface area contributed by atoms with Gasteiger partial charge in [0.25, 0.3) is 0 Å². The second kappa shape index (κ2) is 4.71. The van der Waals surface area contributed by atoms with E-state index >= 15 is 0 Å². The van der Waals surface area contributed by atoms with Crippen LogP contribution in [-0.2, 0) is 0 Å². The van der Waals surface area contributed by atoms with E-state index in [1.54, 1.807) is 0 Å². The predicted molar refractivity (Wildman–Crippen MR) is 70.4 cm³/mol. The Bertz CT molecular complexity index is 580. The summed E-state index contributed by atoms with van der Waals surface area (Å²) in [6.45, 7) is 4.06. The molecule has 0 bridgehead atoms. The van der Waals surface area contributed by atoms with Crippen LogP contribution in [0, 0.1) is 25.2 Å². The van der Waals surface area contributed by atoms with Gasteiger partial charge in [-0.25, -0.2) is 0 Å². The number of hydrogen-bond donors (Lipinski definition) is 1. The van der Waals surface area contributed by atoms with Crippen LogP contribution in [0.2, 0.25) is 0 Å². The van der Waals surface area contributed by atoms with Crippen molar-refractivity contribution in [3.63, 3.8) is 0 Å². The third kappa shape index (κ3) is 2.46. The van der Waals surface area contributed by atoms with Crippen molar-refractivity contribution >= 4 is 11.4 Å². The Morgan fingerprint density at radius 3 is 2.47 bits per heavy atom. The molecule has 0 aliphatic heterocycles. The number of nitrogens with zero attached hydrogens (tertiary/aromatic N) is 1. The summed E-state index contributed by atoms with van der Waals surface area (Å²) in [5.74, 6) is 0. The minimum atomic E-state index is 0.666. The third-order valence-electron chi connectivity index (χ3n) is 2.71. The smallest absolute Gasteiger partial charge is 0.101 e. The summed E-state index contributed by atoms with van der Waals surface area (Å²) in [5, 5.41) is 12.4. The Morgan fingerprint density at radius 2 is 1.76 bits per heavy atom. The molecule has 0 radical (unpaired) electrons. The maximum absolute atomic E-state index is 9.07. The zero-order chi connectivity index (χ0) is 12.3. The molecule has 2 heteroatoms. The van der Waals surface area contributed by atoms with E-state index in [0.29, 0.717) is 5.56 Å². The van der Waals surface area contributed by atoms with Gasteiger partial charge in [0, 0.05) is 5.69 Å². The number of nitriles is 1. The normalized spacial score (nSPS) is 9.71. The fourth-order valence-electron chi connectivity index (χ4n) is 1.72. The van der Waals surface area contributed by atoms with E-state index in [1.165, 1.54) is 0 Å². The lowest BCUT2D eigenvalue weighted by atomic mass is 10.1. The number of para-hydroxylation sites is 1. The van der Waals surface area contributed by atoms with Crippen molar-refractivity contribution in [2.24, 2.45) is 0 Å². The summed E-state index contributed by atoms with van der Waals surface area (Å²) in [7, 11) is 0. The molecule has 0 aromatic heterocycles. The first-order valence-electron chi connectivity index (χ1n) is 5.54.